The van der Waals surface area contributed by atoms with Crippen LogP contribution in [0.15, 0.2) is 55.0 Å². The number of esters is 3. The van der Waals surface area contributed by atoms with Gasteiger partial charge >= 0.3 is 17.9 Å². The van der Waals surface area contributed by atoms with E-state index in [1.807, 2.05) is 0 Å². The zero-order valence-corrected chi connectivity index (χ0v) is 38.0. The van der Waals surface area contributed by atoms with Crippen LogP contribution in [0.3, 0.4) is 0 Å². The quantitative estimate of drug-likeness (QED) is 0.0218. The molecule has 0 fully saturated rings. The van der Waals surface area contributed by atoms with E-state index in [9.17, 15) is 27.4 Å². The lowest BCUT2D eigenvalue weighted by molar-refractivity contribution is -0.138. The number of benzene rings is 1. The Kier molecular flexibility index (Phi) is 34.3. The van der Waals surface area contributed by atoms with E-state index in [0.29, 0.717) is 38.8 Å². The van der Waals surface area contributed by atoms with Crippen molar-refractivity contribution in [2.75, 3.05) is 39.6 Å². The predicted octanol–water partition coefficient (Wildman–Crippen LogP) is 11.8. The summed E-state index contributed by atoms with van der Waals surface area (Å²) in [7, 11) is -4.60. The Morgan fingerprint density at radius 1 is 0.410 bits per heavy atom. The van der Waals surface area contributed by atoms with Gasteiger partial charge in [-0.15, -0.1) is 0 Å². The summed E-state index contributed by atoms with van der Waals surface area (Å²) in [5, 5.41) is 0. The second-order valence-corrected chi connectivity index (χ2v) is 16.8. The molecule has 0 aliphatic carbocycles. The normalized spacial score (nSPS) is 11.1. The topological polar surface area (TPSA) is 161 Å². The minimum Gasteiger partial charge on any atom is -0.490 e. The van der Waals surface area contributed by atoms with E-state index in [0.717, 1.165) is 173 Å². The summed E-state index contributed by atoms with van der Waals surface area (Å²) in [4.78, 5) is 33.0. The highest BCUT2D eigenvalue weighted by Crippen LogP contribution is 2.43. The molecule has 0 saturated carbocycles. The highest BCUT2D eigenvalue weighted by Gasteiger charge is 2.25. The third-order valence-corrected chi connectivity index (χ3v) is 11.0. The maximum absolute atomic E-state index is 12.5. The highest BCUT2D eigenvalue weighted by atomic mass is 32.2. The fraction of sp³-hybridized carbons (Fsp3) is 0.688. The van der Waals surface area contributed by atoms with Gasteiger partial charge in [-0.1, -0.05) is 155 Å². The molecule has 0 saturated heterocycles. The van der Waals surface area contributed by atoms with Gasteiger partial charge < -0.3 is 28.4 Å². The molecule has 1 aromatic rings. The summed E-state index contributed by atoms with van der Waals surface area (Å²) in [6, 6.07) is 2.87. The van der Waals surface area contributed by atoms with Gasteiger partial charge in [-0.3, -0.25) is 4.55 Å². The van der Waals surface area contributed by atoms with Crippen LogP contribution in [0.5, 0.6) is 17.2 Å². The van der Waals surface area contributed by atoms with Crippen molar-refractivity contribution in [1.29, 1.82) is 0 Å². The van der Waals surface area contributed by atoms with Gasteiger partial charge in [-0.2, -0.15) is 8.42 Å². The van der Waals surface area contributed by atoms with Crippen LogP contribution >= 0.6 is 0 Å². The second kappa shape index (κ2) is 37.9. The summed E-state index contributed by atoms with van der Waals surface area (Å²) in [5.41, 5.74) is 0. The van der Waals surface area contributed by atoms with Gasteiger partial charge in [0.25, 0.3) is 10.1 Å². The van der Waals surface area contributed by atoms with Crippen LogP contribution < -0.4 is 14.2 Å². The largest absolute Gasteiger partial charge is 0.490 e. The van der Waals surface area contributed by atoms with Crippen LogP contribution in [-0.4, -0.2) is 70.5 Å². The van der Waals surface area contributed by atoms with Crippen LogP contribution in [0.1, 0.15) is 173 Å². The molecule has 0 unspecified atom stereocenters. The smallest absolute Gasteiger partial charge is 0.330 e. The van der Waals surface area contributed by atoms with Gasteiger partial charge in [-0.25, -0.2) is 14.4 Å². The molecule has 0 aliphatic rings. The summed E-state index contributed by atoms with van der Waals surface area (Å²) in [6.07, 6.45) is 31.0. The molecule has 0 amide bonds. The van der Waals surface area contributed by atoms with Gasteiger partial charge in [0.05, 0.1) is 39.6 Å². The lowest BCUT2D eigenvalue weighted by Crippen LogP contribution is -2.10. The molecule has 0 atom stereocenters. The summed E-state index contributed by atoms with van der Waals surface area (Å²) >= 11 is 0. The van der Waals surface area contributed by atoms with Crippen molar-refractivity contribution in [3.05, 3.63) is 50.1 Å². The van der Waals surface area contributed by atoms with Gasteiger partial charge in [0.2, 0.25) is 5.75 Å². The maximum Gasteiger partial charge on any atom is 0.330 e. The Balaban J connectivity index is 2.62. The zero-order valence-electron chi connectivity index (χ0n) is 37.2. The molecule has 61 heavy (non-hydrogen) atoms. The third kappa shape index (κ3) is 30.8. The summed E-state index contributed by atoms with van der Waals surface area (Å²) in [6.45, 7) is 12.6. The van der Waals surface area contributed by atoms with Crippen molar-refractivity contribution in [2.45, 2.75) is 178 Å². The molecule has 0 radical (unpaired) electrons. The minimum absolute atomic E-state index is 0.00287. The van der Waals surface area contributed by atoms with Crippen molar-refractivity contribution >= 4 is 28.0 Å². The number of rotatable bonds is 43. The molecule has 0 heterocycles. The molecule has 12 nitrogen and oxygen atoms in total. The van der Waals surface area contributed by atoms with Crippen molar-refractivity contribution in [2.24, 2.45) is 0 Å². The van der Waals surface area contributed by atoms with E-state index in [1.165, 1.54) is 24.3 Å². The number of carbonyl (C=O) groups excluding carboxylic acids is 3. The SMILES string of the molecule is C=CC(=O)OCCCCCCCCCCCOc1ccc(S(=O)(=O)O)c(OCCCCCCCCCCCOC(=O)C=C)c1OCCCCCCCCCCCOC(=O)C=C. The molecule has 1 rings (SSSR count). The Labute approximate surface area is 367 Å². The van der Waals surface area contributed by atoms with E-state index in [2.05, 4.69) is 19.7 Å². The number of ether oxygens (including phenoxy) is 6. The van der Waals surface area contributed by atoms with Crippen molar-refractivity contribution < 1.29 is 55.8 Å². The third-order valence-electron chi connectivity index (χ3n) is 10.2. The lowest BCUT2D eigenvalue weighted by atomic mass is 10.1. The molecular weight excluding hydrogens is 801 g/mol. The first kappa shape index (κ1) is 55.2. The molecule has 348 valence electrons. The average Bonchev–Trinajstić information content (AvgIpc) is 3.25. The van der Waals surface area contributed by atoms with Crippen LogP contribution in [0.2, 0.25) is 0 Å². The molecule has 0 aromatic heterocycles. The Bertz CT molecular complexity index is 1460. The van der Waals surface area contributed by atoms with Crippen molar-refractivity contribution in [3.63, 3.8) is 0 Å². The van der Waals surface area contributed by atoms with E-state index < -0.39 is 10.1 Å². The van der Waals surface area contributed by atoms with E-state index in [-0.39, 0.29) is 40.9 Å². The molecule has 0 spiro atoms. The first-order valence-electron chi connectivity index (χ1n) is 23.0. The highest BCUT2D eigenvalue weighted by molar-refractivity contribution is 7.86. The minimum atomic E-state index is -4.60. The van der Waals surface area contributed by atoms with E-state index >= 15 is 0 Å². The van der Waals surface area contributed by atoms with Crippen molar-refractivity contribution in [3.8, 4) is 17.2 Å². The van der Waals surface area contributed by atoms with Crippen molar-refractivity contribution in [1.82, 2.24) is 0 Å². The Morgan fingerprint density at radius 3 is 0.967 bits per heavy atom. The Hall–Kier alpha value is -3.84. The van der Waals surface area contributed by atoms with E-state index in [1.54, 1.807) is 6.07 Å². The second-order valence-electron chi connectivity index (χ2n) is 15.4. The number of unbranched alkanes of at least 4 members (excludes halogenated alkanes) is 24. The monoisotopic (exact) mass is 879 g/mol. The fourth-order valence-electron chi connectivity index (χ4n) is 6.67. The summed E-state index contributed by atoms with van der Waals surface area (Å²) in [5.74, 6) is -0.518. The lowest BCUT2D eigenvalue weighted by Gasteiger charge is -2.19. The Morgan fingerprint density at radius 2 is 0.672 bits per heavy atom. The van der Waals surface area contributed by atoms with Gasteiger partial charge in [-0.05, 0) is 50.7 Å². The molecular formula is C48H78O12S. The summed E-state index contributed by atoms with van der Waals surface area (Å²) < 4.78 is 68.8. The molecule has 0 bridgehead atoms. The van der Waals surface area contributed by atoms with Crippen LogP contribution in [-0.2, 0) is 38.7 Å². The standard InChI is InChI=1S/C48H78O12S/c1-4-44(49)56-37-29-23-17-11-7-10-16-22-28-36-55-42-34-35-43(61(52,53)54)48(60-41-33-27-21-15-9-13-19-25-31-39-58-46(51)6-3)47(42)59-40-32-26-20-14-8-12-18-24-30-38-57-45(50)5-2/h4-6,34-35H,1-3,7-33,36-41H2,(H,52,53,54). The zero-order chi connectivity index (χ0) is 44.7. The van der Waals surface area contributed by atoms with Gasteiger partial charge in [0.1, 0.15) is 4.90 Å². The maximum atomic E-state index is 12.5. The van der Waals surface area contributed by atoms with E-state index in [4.69, 9.17) is 28.4 Å². The molecule has 1 aromatic carbocycles. The average molecular weight is 879 g/mol. The van der Waals surface area contributed by atoms with Gasteiger partial charge in [0.15, 0.2) is 11.5 Å². The number of carbonyl (C=O) groups is 3. The van der Waals surface area contributed by atoms with Crippen LogP contribution in [0, 0.1) is 0 Å². The van der Waals surface area contributed by atoms with Gasteiger partial charge in [0, 0.05) is 18.2 Å². The first-order chi connectivity index (χ1) is 29.6. The predicted molar refractivity (Wildman–Crippen MR) is 241 cm³/mol. The molecule has 0 aliphatic heterocycles. The fourth-order valence-corrected chi connectivity index (χ4v) is 7.29. The van der Waals surface area contributed by atoms with Crippen LogP contribution in [0.4, 0.5) is 0 Å². The van der Waals surface area contributed by atoms with Crippen LogP contribution in [0.25, 0.3) is 0 Å². The number of hydrogen-bond acceptors (Lipinski definition) is 11. The number of hydrogen-bond donors (Lipinski definition) is 1. The first-order valence-corrected chi connectivity index (χ1v) is 24.5. The molecule has 13 heteroatoms. The molecule has 1 N–H and O–H groups in total.